The number of phosphoric ester groups is 1. The number of esters is 2. The van der Waals surface area contributed by atoms with E-state index in [-0.39, 0.29) is 32.6 Å². The van der Waals surface area contributed by atoms with Crippen molar-refractivity contribution in [2.45, 2.75) is 277 Å². The molecular weight excluding hydrogens is 1000 g/mol. The monoisotopic (exact) mass is 1120 g/mol. The highest BCUT2D eigenvalue weighted by molar-refractivity contribution is 7.47. The molecule has 0 aliphatic carbocycles. The number of carbonyl (C=O) groups excluding carboxylic acids is 2. The van der Waals surface area contributed by atoms with Crippen LogP contribution in [-0.2, 0) is 32.7 Å². The highest BCUT2D eigenvalue weighted by atomic mass is 31.2. The third-order valence-electron chi connectivity index (χ3n) is 13.3. The fourth-order valence-electron chi connectivity index (χ4n) is 8.69. The summed E-state index contributed by atoms with van der Waals surface area (Å²) in [6, 6.07) is 0. The van der Waals surface area contributed by atoms with Crippen molar-refractivity contribution in [1.82, 2.24) is 0 Å². The smallest absolute Gasteiger partial charge is 0.462 e. The minimum atomic E-state index is -4.40. The van der Waals surface area contributed by atoms with Gasteiger partial charge in [0.1, 0.15) is 6.61 Å². The SMILES string of the molecule is CC/C=C\C/C=C\C/C=C\C/C=C\C/C=C\CCCCCCCCCCCCCCCCCCCCCCCCCC(=O)OC(COC(=O)CCCCC/C=C\C/C=C\C/C=C\C/C=C\C/C=C\CC)COP(=O)(O)OCCN. The quantitative estimate of drug-likeness (QED) is 0.0264. The van der Waals surface area contributed by atoms with Crippen molar-refractivity contribution < 1.29 is 37.6 Å². The summed E-state index contributed by atoms with van der Waals surface area (Å²) in [5.74, 6) is -0.863. The molecule has 0 spiro atoms. The van der Waals surface area contributed by atoms with Crippen LogP contribution in [0.5, 0.6) is 0 Å². The maximum Gasteiger partial charge on any atom is 0.472 e. The van der Waals surface area contributed by atoms with Gasteiger partial charge in [-0.25, -0.2) is 4.57 Å². The number of allylic oxidation sites excluding steroid dienone is 20. The zero-order valence-corrected chi connectivity index (χ0v) is 51.5. The molecule has 0 heterocycles. The molecule has 0 saturated heterocycles. The molecule has 10 heteroatoms. The van der Waals surface area contributed by atoms with Gasteiger partial charge in [-0.3, -0.25) is 18.6 Å². The van der Waals surface area contributed by atoms with Crippen molar-refractivity contribution in [3.63, 3.8) is 0 Å². The molecule has 2 unspecified atom stereocenters. The summed E-state index contributed by atoms with van der Waals surface area (Å²) in [6.07, 6.45) is 88.6. The van der Waals surface area contributed by atoms with E-state index < -0.39 is 32.5 Å². The minimum Gasteiger partial charge on any atom is -0.462 e. The molecule has 0 rings (SSSR count). The number of hydrogen-bond acceptors (Lipinski definition) is 8. The Morgan fingerprint density at radius 2 is 0.658 bits per heavy atom. The number of ether oxygens (including phenoxy) is 2. The van der Waals surface area contributed by atoms with E-state index in [1.165, 1.54) is 128 Å². The molecule has 2 atom stereocenters. The second kappa shape index (κ2) is 63.6. The van der Waals surface area contributed by atoms with Crippen LogP contribution in [0.15, 0.2) is 122 Å². The van der Waals surface area contributed by atoms with E-state index >= 15 is 0 Å². The molecule has 0 aliphatic heterocycles. The van der Waals surface area contributed by atoms with Gasteiger partial charge in [0.2, 0.25) is 0 Å². The first-order valence-electron chi connectivity index (χ1n) is 32.0. The Bertz CT molecular complexity index is 1710. The van der Waals surface area contributed by atoms with Gasteiger partial charge < -0.3 is 20.1 Å². The van der Waals surface area contributed by atoms with Gasteiger partial charge in [-0.15, -0.1) is 0 Å². The van der Waals surface area contributed by atoms with Gasteiger partial charge in [0.15, 0.2) is 6.10 Å². The number of carbonyl (C=O) groups is 2. The molecule has 0 aromatic carbocycles. The van der Waals surface area contributed by atoms with Crippen LogP contribution in [0.1, 0.15) is 271 Å². The second-order valence-corrected chi connectivity index (χ2v) is 22.3. The molecule has 0 fully saturated rings. The third-order valence-corrected chi connectivity index (χ3v) is 14.3. The summed E-state index contributed by atoms with van der Waals surface area (Å²) < 4.78 is 33.0. The van der Waals surface area contributed by atoms with Gasteiger partial charge in [0.05, 0.1) is 13.2 Å². The maximum atomic E-state index is 12.7. The van der Waals surface area contributed by atoms with Crippen LogP contribution >= 0.6 is 7.82 Å². The van der Waals surface area contributed by atoms with Crippen LogP contribution in [0.2, 0.25) is 0 Å². The molecule has 0 aliphatic rings. The number of unbranched alkanes of at least 4 members (excludes halogenated alkanes) is 26. The predicted molar refractivity (Wildman–Crippen MR) is 339 cm³/mol. The Labute approximate surface area is 485 Å². The van der Waals surface area contributed by atoms with Gasteiger partial charge in [-0.05, 0) is 103 Å². The summed E-state index contributed by atoms with van der Waals surface area (Å²) in [4.78, 5) is 35.2. The van der Waals surface area contributed by atoms with Crippen LogP contribution < -0.4 is 5.73 Å². The van der Waals surface area contributed by atoms with Crippen molar-refractivity contribution in [2.75, 3.05) is 26.4 Å². The van der Waals surface area contributed by atoms with E-state index in [1.807, 2.05) is 0 Å². The Hall–Kier alpha value is -3.59. The molecule has 9 nitrogen and oxygen atoms in total. The highest BCUT2D eigenvalue weighted by Gasteiger charge is 2.26. The van der Waals surface area contributed by atoms with Crippen LogP contribution in [0.3, 0.4) is 0 Å². The van der Waals surface area contributed by atoms with Gasteiger partial charge >= 0.3 is 19.8 Å². The zero-order chi connectivity index (χ0) is 57.3. The molecule has 0 aromatic heterocycles. The Balaban J connectivity index is 3.86. The van der Waals surface area contributed by atoms with Crippen molar-refractivity contribution in [1.29, 1.82) is 0 Å². The van der Waals surface area contributed by atoms with Crippen LogP contribution in [-0.4, -0.2) is 49.3 Å². The third kappa shape index (κ3) is 63.5. The fraction of sp³-hybridized carbons (Fsp3) is 0.681. The van der Waals surface area contributed by atoms with E-state index in [0.717, 1.165) is 103 Å². The number of phosphoric acid groups is 1. The number of hydrogen-bond donors (Lipinski definition) is 2. The van der Waals surface area contributed by atoms with Crippen molar-refractivity contribution in [3.05, 3.63) is 122 Å². The largest absolute Gasteiger partial charge is 0.472 e. The lowest BCUT2D eigenvalue weighted by atomic mass is 10.0. The Morgan fingerprint density at radius 3 is 0.987 bits per heavy atom. The molecule has 0 bridgehead atoms. The van der Waals surface area contributed by atoms with Gasteiger partial charge in [0.25, 0.3) is 0 Å². The lowest BCUT2D eigenvalue weighted by Gasteiger charge is -2.19. The van der Waals surface area contributed by atoms with Gasteiger partial charge in [0, 0.05) is 19.4 Å². The van der Waals surface area contributed by atoms with E-state index in [9.17, 15) is 19.0 Å². The van der Waals surface area contributed by atoms with E-state index in [0.29, 0.717) is 12.8 Å². The summed E-state index contributed by atoms with van der Waals surface area (Å²) in [6.45, 7) is 3.49. The highest BCUT2D eigenvalue weighted by Crippen LogP contribution is 2.43. The van der Waals surface area contributed by atoms with Crippen molar-refractivity contribution in [3.8, 4) is 0 Å². The predicted octanol–water partition coefficient (Wildman–Crippen LogP) is 20.7. The standard InChI is InChI=1S/C69H118NO8P/c1-3-5-7-9-11-13-15-17-19-21-23-24-25-26-27-28-29-30-31-32-33-34-35-36-37-38-39-40-41-42-44-46-48-50-52-54-56-58-60-62-69(72)78-67(66-77-79(73,74)76-64-63-70)65-75-68(71)61-59-57-55-53-51-49-47-45-43-22-20-18-16-14-12-10-8-6-4-2/h5-8,11-14,17-20,23-24,26-27,43,45,49,51,67H,3-4,9-10,15-16,21-22,25,28-42,44,46-48,50,52-66,70H2,1-2H3,(H,73,74)/b7-5-,8-6-,13-11-,14-12-,19-17-,20-18-,24-23-,27-26-,45-43-,51-49-. The topological polar surface area (TPSA) is 134 Å². The average Bonchev–Trinajstić information content (AvgIpc) is 3.44. The summed E-state index contributed by atoms with van der Waals surface area (Å²) in [7, 11) is -4.40. The van der Waals surface area contributed by atoms with Crippen LogP contribution in [0.4, 0.5) is 0 Å². The van der Waals surface area contributed by atoms with E-state index in [1.54, 1.807) is 0 Å². The van der Waals surface area contributed by atoms with Crippen molar-refractivity contribution >= 4 is 19.8 Å². The second-order valence-electron chi connectivity index (χ2n) is 20.9. The molecule has 0 aromatic rings. The number of rotatable bonds is 59. The van der Waals surface area contributed by atoms with Gasteiger partial charge in [-0.2, -0.15) is 0 Å². The van der Waals surface area contributed by atoms with E-state index in [4.69, 9.17) is 24.3 Å². The summed E-state index contributed by atoms with van der Waals surface area (Å²) >= 11 is 0. The molecule has 3 N–H and O–H groups in total. The summed E-state index contributed by atoms with van der Waals surface area (Å²) in [5.41, 5.74) is 5.38. The van der Waals surface area contributed by atoms with Crippen LogP contribution in [0.25, 0.3) is 0 Å². The average molecular weight is 1120 g/mol. The summed E-state index contributed by atoms with van der Waals surface area (Å²) in [5, 5.41) is 0. The normalized spacial score (nSPS) is 13.8. The lowest BCUT2D eigenvalue weighted by Crippen LogP contribution is -2.29. The minimum absolute atomic E-state index is 0.0447. The first-order valence-corrected chi connectivity index (χ1v) is 33.5. The zero-order valence-electron chi connectivity index (χ0n) is 50.6. The Morgan fingerprint density at radius 1 is 0.380 bits per heavy atom. The van der Waals surface area contributed by atoms with E-state index in [2.05, 4.69) is 135 Å². The lowest BCUT2D eigenvalue weighted by molar-refractivity contribution is -0.161. The molecule has 452 valence electrons. The molecule has 0 amide bonds. The fourth-order valence-corrected chi connectivity index (χ4v) is 9.46. The first kappa shape index (κ1) is 75.4. The molecule has 79 heavy (non-hydrogen) atoms. The molecule has 0 saturated carbocycles. The molecular formula is C69H118NO8P. The van der Waals surface area contributed by atoms with Crippen molar-refractivity contribution in [2.24, 2.45) is 5.73 Å². The maximum absolute atomic E-state index is 12.7. The molecule has 0 radical (unpaired) electrons. The Kier molecular flexibility index (Phi) is 60.7. The first-order chi connectivity index (χ1) is 38.8. The van der Waals surface area contributed by atoms with Crippen LogP contribution in [0, 0.1) is 0 Å². The number of nitrogens with two attached hydrogens (primary N) is 1. The van der Waals surface area contributed by atoms with Gasteiger partial charge in [-0.1, -0.05) is 277 Å².